The number of benzene rings is 2. The summed E-state index contributed by atoms with van der Waals surface area (Å²) >= 11 is 6.05. The Labute approximate surface area is 208 Å². The average Bonchev–Trinajstić information content (AvgIpc) is 3.48. The number of para-hydroxylation sites is 2. The van der Waals surface area contributed by atoms with Crippen LogP contribution in [-0.4, -0.2) is 45.0 Å². The van der Waals surface area contributed by atoms with E-state index in [1.165, 1.54) is 10.1 Å². The first-order valence-electron chi connectivity index (χ1n) is 11.7. The molecule has 2 unspecified atom stereocenters. The maximum absolute atomic E-state index is 13.2. The lowest BCUT2D eigenvalue weighted by Gasteiger charge is -2.37. The molecule has 0 aliphatic carbocycles. The van der Waals surface area contributed by atoms with Gasteiger partial charge in [0.15, 0.2) is 5.58 Å². The van der Waals surface area contributed by atoms with Crippen LogP contribution < -0.4 is 5.76 Å². The Bertz CT molecular complexity index is 1410. The maximum Gasteiger partial charge on any atom is 0.420 e. The zero-order valence-corrected chi connectivity index (χ0v) is 20.5. The molecule has 8 heteroatoms. The lowest BCUT2D eigenvalue weighted by molar-refractivity contribution is -0.136. The molecule has 2 aromatic carbocycles. The summed E-state index contributed by atoms with van der Waals surface area (Å²) in [5.41, 5.74) is 4.44. The summed E-state index contributed by atoms with van der Waals surface area (Å²) in [5, 5.41) is 0.473. The third-order valence-corrected chi connectivity index (χ3v) is 7.16. The van der Waals surface area contributed by atoms with E-state index in [4.69, 9.17) is 16.0 Å². The van der Waals surface area contributed by atoms with Crippen LogP contribution >= 0.6 is 11.6 Å². The van der Waals surface area contributed by atoms with Crippen LogP contribution in [0.2, 0.25) is 5.15 Å². The number of pyridine rings is 1. The van der Waals surface area contributed by atoms with E-state index in [2.05, 4.69) is 34.1 Å². The highest BCUT2D eigenvalue weighted by Gasteiger charge is 2.33. The number of likely N-dealkylation sites (N-methyl/N-ethyl adjacent to an activating group) is 1. The highest BCUT2D eigenvalue weighted by molar-refractivity contribution is 6.29. The molecule has 1 fully saturated rings. The monoisotopic (exact) mass is 490 g/mol. The molecule has 1 saturated heterocycles. The lowest BCUT2D eigenvalue weighted by atomic mass is 10.00. The number of fused-ring (bicyclic) bond motifs is 1. The van der Waals surface area contributed by atoms with Crippen molar-refractivity contribution >= 4 is 28.6 Å². The first-order valence-corrected chi connectivity index (χ1v) is 12.1. The van der Waals surface area contributed by atoms with E-state index in [9.17, 15) is 9.59 Å². The predicted molar refractivity (Wildman–Crippen MR) is 136 cm³/mol. The van der Waals surface area contributed by atoms with Crippen molar-refractivity contribution in [1.82, 2.24) is 19.4 Å². The molecule has 1 amide bonds. The van der Waals surface area contributed by atoms with Crippen molar-refractivity contribution in [2.24, 2.45) is 0 Å². The zero-order valence-electron chi connectivity index (χ0n) is 19.7. The van der Waals surface area contributed by atoms with Crippen molar-refractivity contribution in [3.63, 3.8) is 0 Å². The number of oxazole rings is 1. The number of nitrogens with zero attached hydrogens (tertiary/aromatic N) is 4. The topological polar surface area (TPSA) is 71.6 Å². The molecule has 35 heavy (non-hydrogen) atoms. The third-order valence-electron chi connectivity index (χ3n) is 6.95. The van der Waals surface area contributed by atoms with Gasteiger partial charge in [0, 0.05) is 25.8 Å². The Kier molecular flexibility index (Phi) is 6.45. The van der Waals surface area contributed by atoms with Crippen LogP contribution in [0, 0.1) is 0 Å². The molecule has 1 aliphatic rings. The van der Waals surface area contributed by atoms with E-state index in [0.29, 0.717) is 16.3 Å². The highest BCUT2D eigenvalue weighted by atomic mass is 35.5. The van der Waals surface area contributed by atoms with Gasteiger partial charge in [0.05, 0.1) is 11.7 Å². The first kappa shape index (κ1) is 23.3. The summed E-state index contributed by atoms with van der Waals surface area (Å²) in [5.74, 6) is -0.656. The number of hydrogen-bond acceptors (Lipinski definition) is 5. The second kappa shape index (κ2) is 9.68. The summed E-state index contributed by atoms with van der Waals surface area (Å²) in [6, 6.07) is 19.7. The fourth-order valence-corrected chi connectivity index (χ4v) is 5.09. The van der Waals surface area contributed by atoms with Crippen LogP contribution in [0.1, 0.15) is 31.4 Å². The van der Waals surface area contributed by atoms with Crippen molar-refractivity contribution in [2.75, 3.05) is 13.6 Å². The summed E-state index contributed by atoms with van der Waals surface area (Å²) in [6.45, 7) is 2.89. The standard InChI is InChI=1S/C27H27ClN4O3/c1-18(30(2)26(33)17-32-23-6-3-4-8-24(23)35-27(32)34)31-15-5-7-22(31)20-11-9-19(10-12-20)21-13-14-29-25(28)16-21/h3-4,6,8-14,16,18,22H,5,7,15,17H2,1-2H3. The molecule has 0 saturated carbocycles. The number of carbonyl (C=O) groups is 1. The molecule has 7 nitrogen and oxygen atoms in total. The number of carbonyl (C=O) groups excluding carboxylic acids is 1. The highest BCUT2D eigenvalue weighted by Crippen LogP contribution is 2.35. The fourth-order valence-electron chi connectivity index (χ4n) is 4.92. The van der Waals surface area contributed by atoms with Crippen LogP contribution in [-0.2, 0) is 11.3 Å². The molecule has 5 rings (SSSR count). The molecular formula is C27H27ClN4O3. The van der Waals surface area contributed by atoms with Gasteiger partial charge in [-0.15, -0.1) is 0 Å². The van der Waals surface area contributed by atoms with Gasteiger partial charge in [-0.1, -0.05) is 48.0 Å². The Balaban J connectivity index is 1.31. The predicted octanol–water partition coefficient (Wildman–Crippen LogP) is 4.95. The van der Waals surface area contributed by atoms with Crippen molar-refractivity contribution in [1.29, 1.82) is 0 Å². The lowest BCUT2D eigenvalue weighted by Crippen LogP contribution is -2.48. The van der Waals surface area contributed by atoms with E-state index in [0.717, 1.165) is 30.5 Å². The molecule has 3 heterocycles. The number of likely N-dealkylation sites (tertiary alicyclic amines) is 1. The molecule has 0 spiro atoms. The zero-order chi connectivity index (χ0) is 24.5. The summed E-state index contributed by atoms with van der Waals surface area (Å²) in [6.07, 6.45) is 3.67. The Hall–Kier alpha value is -3.42. The molecule has 0 N–H and O–H groups in total. The number of halogens is 1. The van der Waals surface area contributed by atoms with Gasteiger partial charge in [0.1, 0.15) is 11.7 Å². The van der Waals surface area contributed by atoms with Crippen molar-refractivity contribution < 1.29 is 9.21 Å². The van der Waals surface area contributed by atoms with Gasteiger partial charge in [-0.2, -0.15) is 0 Å². The minimum atomic E-state index is -0.518. The minimum absolute atomic E-state index is 0.0572. The summed E-state index contributed by atoms with van der Waals surface area (Å²) < 4.78 is 6.67. The number of hydrogen-bond donors (Lipinski definition) is 0. The Morgan fingerprint density at radius 3 is 2.71 bits per heavy atom. The second-order valence-corrected chi connectivity index (χ2v) is 9.33. The normalized spacial score (nSPS) is 17.1. The SMILES string of the molecule is CC(N(C)C(=O)Cn1c(=O)oc2ccccc21)N1CCCC1c1ccc(-c2ccnc(Cl)c2)cc1. The van der Waals surface area contributed by atoms with E-state index in [-0.39, 0.29) is 24.7 Å². The van der Waals surface area contributed by atoms with Crippen LogP contribution in [0.4, 0.5) is 0 Å². The minimum Gasteiger partial charge on any atom is -0.408 e. The van der Waals surface area contributed by atoms with E-state index >= 15 is 0 Å². The smallest absolute Gasteiger partial charge is 0.408 e. The second-order valence-electron chi connectivity index (χ2n) is 8.94. The number of aromatic nitrogens is 2. The van der Waals surface area contributed by atoms with Gasteiger partial charge in [-0.3, -0.25) is 14.3 Å². The van der Waals surface area contributed by atoms with Gasteiger partial charge in [-0.25, -0.2) is 9.78 Å². The van der Waals surface area contributed by atoms with Crippen LogP contribution in [0.25, 0.3) is 22.2 Å². The van der Waals surface area contributed by atoms with Crippen molar-refractivity contribution in [3.05, 3.63) is 88.1 Å². The maximum atomic E-state index is 13.2. The average molecular weight is 491 g/mol. The van der Waals surface area contributed by atoms with Gasteiger partial charge in [-0.05, 0) is 60.7 Å². The van der Waals surface area contributed by atoms with E-state index < -0.39 is 5.76 Å². The third kappa shape index (κ3) is 4.61. The first-order chi connectivity index (χ1) is 16.9. The number of rotatable bonds is 6. The van der Waals surface area contributed by atoms with Crippen LogP contribution in [0.15, 0.2) is 76.1 Å². The van der Waals surface area contributed by atoms with E-state index in [1.54, 1.807) is 36.3 Å². The largest absolute Gasteiger partial charge is 0.420 e. The molecule has 1 aliphatic heterocycles. The van der Waals surface area contributed by atoms with Crippen LogP contribution in [0.3, 0.4) is 0 Å². The molecule has 2 aromatic heterocycles. The number of amides is 1. The molecule has 2 atom stereocenters. The van der Waals surface area contributed by atoms with Crippen LogP contribution in [0.5, 0.6) is 0 Å². The van der Waals surface area contributed by atoms with Crippen molar-refractivity contribution in [2.45, 2.75) is 38.5 Å². The quantitative estimate of drug-likeness (QED) is 0.357. The Morgan fingerprint density at radius 1 is 1.17 bits per heavy atom. The van der Waals surface area contributed by atoms with Gasteiger partial charge in [0.25, 0.3) is 0 Å². The van der Waals surface area contributed by atoms with Gasteiger partial charge >= 0.3 is 5.76 Å². The molecule has 0 radical (unpaired) electrons. The molecule has 180 valence electrons. The molecule has 4 aromatic rings. The fraction of sp³-hybridized carbons (Fsp3) is 0.296. The van der Waals surface area contributed by atoms with Crippen molar-refractivity contribution in [3.8, 4) is 11.1 Å². The van der Waals surface area contributed by atoms with Gasteiger partial charge in [0.2, 0.25) is 5.91 Å². The van der Waals surface area contributed by atoms with Gasteiger partial charge < -0.3 is 9.32 Å². The summed E-state index contributed by atoms with van der Waals surface area (Å²) in [4.78, 5) is 33.6. The summed E-state index contributed by atoms with van der Waals surface area (Å²) in [7, 11) is 1.80. The molecule has 0 bridgehead atoms. The Morgan fingerprint density at radius 2 is 1.94 bits per heavy atom. The molecular weight excluding hydrogens is 464 g/mol. The van der Waals surface area contributed by atoms with E-state index in [1.807, 2.05) is 25.1 Å².